The number of rotatable bonds is 7. The van der Waals surface area contributed by atoms with Crippen molar-refractivity contribution >= 4 is 34.9 Å². The number of benzene rings is 2. The van der Waals surface area contributed by atoms with Crippen LogP contribution in [-0.2, 0) is 22.2 Å². The van der Waals surface area contributed by atoms with E-state index in [1.165, 1.54) is 36.4 Å². The minimum atomic E-state index is -4.41. The zero-order valence-corrected chi connectivity index (χ0v) is 17.4. The Bertz CT molecular complexity index is 1050. The summed E-state index contributed by atoms with van der Waals surface area (Å²) < 4.78 is 51.5. The van der Waals surface area contributed by atoms with Gasteiger partial charge in [0.05, 0.1) is 10.5 Å². The fraction of sp³-hybridized carbons (Fsp3) is 0.227. The topological polar surface area (TPSA) is 66.5 Å². The molecule has 0 aliphatic carbocycles. The largest absolute Gasteiger partial charge is 0.416 e. The first-order valence-corrected chi connectivity index (χ1v) is 10.4. The van der Waals surface area contributed by atoms with Crippen molar-refractivity contribution in [3.8, 4) is 0 Å². The molecule has 0 atom stereocenters. The molecule has 3 amide bonds. The lowest BCUT2D eigenvalue weighted by atomic mass is 10.1. The molecule has 10 heteroatoms. The molecule has 1 heterocycles. The van der Waals surface area contributed by atoms with Crippen LogP contribution in [0, 0.1) is 5.82 Å². The highest BCUT2D eigenvalue weighted by molar-refractivity contribution is 8.18. The van der Waals surface area contributed by atoms with Gasteiger partial charge in [-0.25, -0.2) is 4.39 Å². The monoisotopic (exact) mass is 466 g/mol. The van der Waals surface area contributed by atoms with Gasteiger partial charge in [-0.1, -0.05) is 30.3 Å². The highest BCUT2D eigenvalue weighted by Crippen LogP contribution is 2.32. The van der Waals surface area contributed by atoms with Gasteiger partial charge in [0, 0.05) is 25.1 Å². The normalized spacial score (nSPS) is 15.5. The van der Waals surface area contributed by atoms with Gasteiger partial charge in [-0.15, -0.1) is 0 Å². The molecule has 0 spiro atoms. The molecule has 1 N–H and O–H groups in total. The number of halogens is 4. The molecule has 0 aromatic heterocycles. The molecule has 1 fully saturated rings. The van der Waals surface area contributed by atoms with Crippen molar-refractivity contribution in [3.63, 3.8) is 0 Å². The number of nitrogens with zero attached hydrogens (tertiary/aromatic N) is 1. The summed E-state index contributed by atoms with van der Waals surface area (Å²) in [5.41, 5.74) is 0.0129. The molecular weight excluding hydrogens is 448 g/mol. The summed E-state index contributed by atoms with van der Waals surface area (Å²) in [5, 5.41) is 2.06. The molecule has 0 radical (unpaired) electrons. The van der Waals surface area contributed by atoms with Crippen LogP contribution in [0.3, 0.4) is 0 Å². The molecule has 0 saturated carbocycles. The van der Waals surface area contributed by atoms with Crippen molar-refractivity contribution in [1.29, 1.82) is 0 Å². The van der Waals surface area contributed by atoms with Crippen LogP contribution in [0.15, 0.2) is 53.4 Å². The lowest BCUT2D eigenvalue weighted by Crippen LogP contribution is -2.37. The second-order valence-corrected chi connectivity index (χ2v) is 7.89. The van der Waals surface area contributed by atoms with Crippen LogP contribution >= 0.6 is 11.8 Å². The van der Waals surface area contributed by atoms with Crippen molar-refractivity contribution in [2.45, 2.75) is 19.0 Å². The smallest absolute Gasteiger partial charge is 0.354 e. The Kier molecular flexibility index (Phi) is 7.34. The van der Waals surface area contributed by atoms with Gasteiger partial charge in [0.2, 0.25) is 5.91 Å². The van der Waals surface area contributed by atoms with E-state index in [-0.39, 0.29) is 42.3 Å². The van der Waals surface area contributed by atoms with Crippen LogP contribution in [0.4, 0.5) is 22.4 Å². The molecule has 1 aliphatic heterocycles. The third kappa shape index (κ3) is 5.97. The lowest BCUT2D eigenvalue weighted by Gasteiger charge is -2.13. The molecule has 1 aliphatic rings. The van der Waals surface area contributed by atoms with E-state index in [0.717, 1.165) is 17.0 Å². The molecule has 168 valence electrons. The second kappa shape index (κ2) is 9.99. The van der Waals surface area contributed by atoms with Gasteiger partial charge in [0.15, 0.2) is 0 Å². The van der Waals surface area contributed by atoms with E-state index in [4.69, 9.17) is 0 Å². The zero-order chi connectivity index (χ0) is 23.3. The number of amides is 3. The predicted octanol–water partition coefficient (Wildman–Crippen LogP) is 4.63. The molecule has 0 unspecified atom stereocenters. The molecule has 2 aromatic rings. The summed E-state index contributed by atoms with van der Waals surface area (Å²) in [5.74, 6) is -1.44. The van der Waals surface area contributed by atoms with E-state index in [1.54, 1.807) is 6.07 Å². The maximum atomic E-state index is 13.8. The van der Waals surface area contributed by atoms with Gasteiger partial charge < -0.3 is 5.32 Å². The third-order valence-electron chi connectivity index (χ3n) is 4.64. The van der Waals surface area contributed by atoms with E-state index in [0.29, 0.717) is 17.3 Å². The van der Waals surface area contributed by atoms with Crippen LogP contribution in [0.1, 0.15) is 23.1 Å². The number of hydrogen-bond acceptors (Lipinski definition) is 4. The van der Waals surface area contributed by atoms with E-state index in [2.05, 4.69) is 5.32 Å². The maximum Gasteiger partial charge on any atom is 0.416 e. The van der Waals surface area contributed by atoms with E-state index in [9.17, 15) is 31.9 Å². The van der Waals surface area contributed by atoms with Gasteiger partial charge in [-0.2, -0.15) is 13.2 Å². The second-order valence-electron chi connectivity index (χ2n) is 6.90. The van der Waals surface area contributed by atoms with Crippen LogP contribution < -0.4 is 5.32 Å². The van der Waals surface area contributed by atoms with Gasteiger partial charge >= 0.3 is 6.18 Å². The van der Waals surface area contributed by atoms with Crippen LogP contribution in [0.5, 0.6) is 0 Å². The zero-order valence-electron chi connectivity index (χ0n) is 16.6. The van der Waals surface area contributed by atoms with Crippen molar-refractivity contribution in [2.75, 3.05) is 13.1 Å². The fourth-order valence-electron chi connectivity index (χ4n) is 2.94. The van der Waals surface area contributed by atoms with Crippen LogP contribution in [0.2, 0.25) is 0 Å². The van der Waals surface area contributed by atoms with Crippen molar-refractivity contribution in [1.82, 2.24) is 10.2 Å². The van der Waals surface area contributed by atoms with E-state index in [1.807, 2.05) is 0 Å². The molecule has 5 nitrogen and oxygen atoms in total. The van der Waals surface area contributed by atoms with Gasteiger partial charge in [-0.05, 0) is 48.0 Å². The number of carbonyl (C=O) groups is 3. The molecule has 2 aromatic carbocycles. The number of imide groups is 1. The van der Waals surface area contributed by atoms with Gasteiger partial charge in [0.1, 0.15) is 5.82 Å². The Morgan fingerprint density at radius 1 is 1.06 bits per heavy atom. The minimum Gasteiger partial charge on any atom is -0.354 e. The van der Waals surface area contributed by atoms with E-state index >= 15 is 0 Å². The van der Waals surface area contributed by atoms with Crippen LogP contribution in [-0.4, -0.2) is 35.0 Å². The molecule has 1 saturated heterocycles. The summed E-state index contributed by atoms with van der Waals surface area (Å²) in [6.45, 7) is -0.0256. The van der Waals surface area contributed by atoms with E-state index < -0.39 is 28.7 Å². The summed E-state index contributed by atoms with van der Waals surface area (Å²) in [4.78, 5) is 37.6. The average molecular weight is 466 g/mol. The number of hydrogen-bond donors (Lipinski definition) is 1. The van der Waals surface area contributed by atoms with Crippen LogP contribution in [0.25, 0.3) is 6.08 Å². The standard InChI is InChI=1S/C22H18F4N2O3S/c23-17-4-2-1-3-15(17)13-18-20(30)28(21(31)32-18)12-11-27-19(29)10-7-14-5-8-16(9-6-14)22(24,25)26/h1-6,8-9,13H,7,10-12H2,(H,27,29)/b18-13+. The number of carbonyl (C=O) groups excluding carboxylic acids is 3. The SMILES string of the molecule is O=C(CCc1ccc(C(F)(F)F)cc1)NCCN1C(=O)S/C(=C/c2ccccc2F)C1=O. The number of alkyl halides is 3. The quantitative estimate of drug-likeness (QED) is 0.477. The Morgan fingerprint density at radius 2 is 1.75 bits per heavy atom. The number of thioether (sulfide) groups is 1. The Hall–Kier alpha value is -3.14. The highest BCUT2D eigenvalue weighted by Gasteiger charge is 2.34. The summed E-state index contributed by atoms with van der Waals surface area (Å²) in [6.07, 6.45) is -2.82. The van der Waals surface area contributed by atoms with Crippen molar-refractivity contribution in [2.24, 2.45) is 0 Å². The lowest BCUT2D eigenvalue weighted by molar-refractivity contribution is -0.137. The molecule has 0 bridgehead atoms. The van der Waals surface area contributed by atoms with Gasteiger partial charge in [-0.3, -0.25) is 19.3 Å². The predicted molar refractivity (Wildman–Crippen MR) is 112 cm³/mol. The first-order chi connectivity index (χ1) is 15.1. The summed E-state index contributed by atoms with van der Waals surface area (Å²) in [7, 11) is 0. The van der Waals surface area contributed by atoms with Crippen molar-refractivity contribution in [3.05, 3.63) is 75.9 Å². The minimum absolute atomic E-state index is 0.0247. The van der Waals surface area contributed by atoms with Crippen molar-refractivity contribution < 1.29 is 31.9 Å². The summed E-state index contributed by atoms with van der Waals surface area (Å²) in [6, 6.07) is 10.4. The maximum absolute atomic E-state index is 13.8. The summed E-state index contributed by atoms with van der Waals surface area (Å²) >= 11 is 0.694. The number of aryl methyl sites for hydroxylation is 1. The Morgan fingerprint density at radius 3 is 2.41 bits per heavy atom. The average Bonchev–Trinajstić information content (AvgIpc) is 3.01. The fourth-order valence-corrected chi connectivity index (χ4v) is 3.80. The highest BCUT2D eigenvalue weighted by atomic mass is 32.2. The molecular formula is C22H18F4N2O3S. The molecule has 32 heavy (non-hydrogen) atoms. The Labute approximate surface area is 185 Å². The first-order valence-electron chi connectivity index (χ1n) is 9.58. The number of nitrogens with one attached hydrogen (secondary N) is 1. The van der Waals surface area contributed by atoms with Gasteiger partial charge in [0.25, 0.3) is 11.1 Å². The third-order valence-corrected chi connectivity index (χ3v) is 5.55. The first kappa shape index (κ1) is 23.5. The molecule has 3 rings (SSSR count). The Balaban J connectivity index is 1.46.